The van der Waals surface area contributed by atoms with Crippen LogP contribution in [-0.4, -0.2) is 42.5 Å². The molecule has 0 heterocycles. The molecule has 0 aromatic heterocycles. The van der Waals surface area contributed by atoms with E-state index in [0.717, 1.165) is 0 Å². The van der Waals surface area contributed by atoms with Crippen LogP contribution in [0.3, 0.4) is 0 Å². The topological polar surface area (TPSA) is 110 Å². The lowest BCUT2D eigenvalue weighted by Gasteiger charge is -2.16. The van der Waals surface area contributed by atoms with Crippen LogP contribution < -0.4 is 0 Å². The molecular formula is C9H17O7P. The molecule has 1 unspecified atom stereocenters. The van der Waals surface area contributed by atoms with Crippen LogP contribution in [-0.2, 0) is 23.2 Å². The minimum atomic E-state index is -3.23. The Labute approximate surface area is 99.3 Å². The average Bonchev–Trinajstić information content (AvgIpc) is 2.27. The monoisotopic (exact) mass is 268 g/mol. The van der Waals surface area contributed by atoms with Gasteiger partial charge in [-0.1, -0.05) is 0 Å². The number of carbonyl (C=O) groups is 2. The van der Waals surface area contributed by atoms with E-state index in [2.05, 4.69) is 9.05 Å². The standard InChI is InChI=1S/C9H17O7P/c1-15-17(14,16-2)6-5-7(9(12)13)3-4-8(10)11/h7H,3-6H2,1-2H3,(H,10,11)(H,12,13). The van der Waals surface area contributed by atoms with E-state index in [-0.39, 0.29) is 25.4 Å². The molecule has 0 aliphatic carbocycles. The van der Waals surface area contributed by atoms with Gasteiger partial charge in [0.2, 0.25) is 0 Å². The summed E-state index contributed by atoms with van der Waals surface area (Å²) in [5.74, 6) is -3.02. The summed E-state index contributed by atoms with van der Waals surface area (Å²) in [4.78, 5) is 21.2. The van der Waals surface area contributed by atoms with Gasteiger partial charge in [-0.2, -0.15) is 0 Å². The van der Waals surface area contributed by atoms with Gasteiger partial charge in [-0.05, 0) is 12.8 Å². The Morgan fingerprint density at radius 1 is 1.18 bits per heavy atom. The van der Waals surface area contributed by atoms with Crippen molar-refractivity contribution in [3.8, 4) is 0 Å². The number of hydrogen-bond donors (Lipinski definition) is 2. The smallest absolute Gasteiger partial charge is 0.330 e. The van der Waals surface area contributed by atoms with Crippen LogP contribution in [0.15, 0.2) is 0 Å². The maximum absolute atomic E-state index is 11.7. The van der Waals surface area contributed by atoms with Crippen molar-refractivity contribution in [1.29, 1.82) is 0 Å². The molecule has 0 aliphatic heterocycles. The van der Waals surface area contributed by atoms with E-state index in [9.17, 15) is 14.2 Å². The summed E-state index contributed by atoms with van der Waals surface area (Å²) >= 11 is 0. The largest absolute Gasteiger partial charge is 0.481 e. The summed E-state index contributed by atoms with van der Waals surface area (Å²) < 4.78 is 21.0. The number of aliphatic carboxylic acids is 2. The van der Waals surface area contributed by atoms with E-state index in [4.69, 9.17) is 10.2 Å². The zero-order valence-corrected chi connectivity index (χ0v) is 10.7. The van der Waals surface area contributed by atoms with Crippen LogP contribution in [0.5, 0.6) is 0 Å². The quantitative estimate of drug-likeness (QED) is 0.608. The van der Waals surface area contributed by atoms with Gasteiger partial charge in [0.1, 0.15) is 0 Å². The third kappa shape index (κ3) is 6.41. The lowest BCUT2D eigenvalue weighted by molar-refractivity contribution is -0.143. The summed E-state index contributed by atoms with van der Waals surface area (Å²) in [5.41, 5.74) is 0. The van der Waals surface area contributed by atoms with Gasteiger partial charge in [0, 0.05) is 20.6 Å². The van der Waals surface area contributed by atoms with E-state index in [1.165, 1.54) is 14.2 Å². The maximum atomic E-state index is 11.7. The van der Waals surface area contributed by atoms with Crippen molar-refractivity contribution in [2.24, 2.45) is 5.92 Å². The number of carboxylic acids is 2. The van der Waals surface area contributed by atoms with Gasteiger partial charge in [-0.15, -0.1) is 0 Å². The molecule has 0 fully saturated rings. The fourth-order valence-electron chi connectivity index (χ4n) is 1.26. The molecule has 1 atom stereocenters. The summed E-state index contributed by atoms with van der Waals surface area (Å²) in [6.07, 6.45) is -0.225. The molecule has 0 saturated heterocycles. The van der Waals surface area contributed by atoms with Gasteiger partial charge in [-0.3, -0.25) is 14.2 Å². The van der Waals surface area contributed by atoms with Crippen LogP contribution in [0.4, 0.5) is 0 Å². The molecule has 0 spiro atoms. The zero-order valence-electron chi connectivity index (χ0n) is 9.79. The predicted molar refractivity (Wildman–Crippen MR) is 59.1 cm³/mol. The Morgan fingerprint density at radius 3 is 2.06 bits per heavy atom. The minimum absolute atomic E-state index is 0.00189. The lowest BCUT2D eigenvalue weighted by Crippen LogP contribution is -2.17. The summed E-state index contributed by atoms with van der Waals surface area (Å²) in [5, 5.41) is 17.3. The van der Waals surface area contributed by atoms with Gasteiger partial charge in [0.25, 0.3) is 0 Å². The maximum Gasteiger partial charge on any atom is 0.330 e. The number of hydrogen-bond acceptors (Lipinski definition) is 5. The molecule has 0 aromatic carbocycles. The van der Waals surface area contributed by atoms with E-state index in [1.54, 1.807) is 0 Å². The van der Waals surface area contributed by atoms with Crippen LogP contribution >= 0.6 is 7.60 Å². The van der Waals surface area contributed by atoms with Crippen molar-refractivity contribution in [2.75, 3.05) is 20.4 Å². The second-order valence-corrected chi connectivity index (χ2v) is 5.86. The van der Waals surface area contributed by atoms with Crippen molar-refractivity contribution < 1.29 is 33.4 Å². The third-order valence-electron chi connectivity index (χ3n) is 2.36. The summed E-state index contributed by atoms with van der Waals surface area (Å²) in [6.45, 7) is 0. The van der Waals surface area contributed by atoms with E-state index in [0.29, 0.717) is 0 Å². The zero-order chi connectivity index (χ0) is 13.5. The molecule has 0 amide bonds. The highest BCUT2D eigenvalue weighted by Crippen LogP contribution is 2.47. The first kappa shape index (κ1) is 16.1. The van der Waals surface area contributed by atoms with Gasteiger partial charge >= 0.3 is 19.5 Å². The van der Waals surface area contributed by atoms with Crippen LogP contribution in [0.2, 0.25) is 0 Å². The first-order valence-corrected chi connectivity index (χ1v) is 6.72. The van der Waals surface area contributed by atoms with Gasteiger partial charge < -0.3 is 19.3 Å². The SMILES string of the molecule is COP(=O)(CCC(CCC(=O)O)C(=O)O)OC. The van der Waals surface area contributed by atoms with Crippen LogP contribution in [0.25, 0.3) is 0 Å². The molecule has 0 radical (unpaired) electrons. The first-order valence-electron chi connectivity index (χ1n) is 4.99. The lowest BCUT2D eigenvalue weighted by atomic mass is 10.0. The Kier molecular flexibility index (Phi) is 7.03. The van der Waals surface area contributed by atoms with E-state index < -0.39 is 25.5 Å². The molecule has 100 valence electrons. The Balaban J connectivity index is 4.31. The molecule has 0 bridgehead atoms. The first-order chi connectivity index (χ1) is 7.84. The highest BCUT2D eigenvalue weighted by atomic mass is 31.2. The Hall–Kier alpha value is -0.910. The fourth-order valence-corrected chi connectivity index (χ4v) is 2.40. The van der Waals surface area contributed by atoms with E-state index >= 15 is 0 Å². The van der Waals surface area contributed by atoms with Crippen molar-refractivity contribution in [3.05, 3.63) is 0 Å². The van der Waals surface area contributed by atoms with Gasteiger partial charge in [0.15, 0.2) is 0 Å². The minimum Gasteiger partial charge on any atom is -0.481 e. The number of rotatable bonds is 9. The van der Waals surface area contributed by atoms with Crippen LogP contribution in [0.1, 0.15) is 19.3 Å². The van der Waals surface area contributed by atoms with Gasteiger partial charge in [0.05, 0.1) is 12.1 Å². The molecule has 8 heteroatoms. The fraction of sp³-hybridized carbons (Fsp3) is 0.778. The highest BCUT2D eigenvalue weighted by Gasteiger charge is 2.26. The molecule has 17 heavy (non-hydrogen) atoms. The van der Waals surface area contributed by atoms with Crippen LogP contribution in [0, 0.1) is 5.92 Å². The summed E-state index contributed by atoms with van der Waals surface area (Å²) in [7, 11) is -0.794. The molecule has 0 aromatic rings. The summed E-state index contributed by atoms with van der Waals surface area (Å²) in [6, 6.07) is 0. The molecular weight excluding hydrogens is 251 g/mol. The Bertz CT molecular complexity index is 306. The van der Waals surface area contributed by atoms with Crippen molar-refractivity contribution in [1.82, 2.24) is 0 Å². The van der Waals surface area contributed by atoms with E-state index in [1.807, 2.05) is 0 Å². The molecule has 0 saturated carbocycles. The third-order valence-corrected chi connectivity index (χ3v) is 4.28. The second-order valence-electron chi connectivity index (χ2n) is 3.46. The molecule has 0 rings (SSSR count). The molecule has 0 aliphatic rings. The highest BCUT2D eigenvalue weighted by molar-refractivity contribution is 7.53. The van der Waals surface area contributed by atoms with Crippen molar-refractivity contribution in [3.63, 3.8) is 0 Å². The number of carboxylic acid groups (broad SMARTS) is 2. The molecule has 7 nitrogen and oxygen atoms in total. The molecule has 2 N–H and O–H groups in total. The second kappa shape index (κ2) is 7.42. The normalized spacial score (nSPS) is 13.3. The van der Waals surface area contributed by atoms with Crippen molar-refractivity contribution >= 4 is 19.5 Å². The Morgan fingerprint density at radius 2 is 1.71 bits per heavy atom. The predicted octanol–water partition coefficient (Wildman–Crippen LogP) is 1.43. The van der Waals surface area contributed by atoms with Crippen molar-refractivity contribution in [2.45, 2.75) is 19.3 Å². The average molecular weight is 268 g/mol. The van der Waals surface area contributed by atoms with Gasteiger partial charge in [-0.25, -0.2) is 0 Å².